The predicted octanol–water partition coefficient (Wildman–Crippen LogP) is 4.29. The van der Waals surface area contributed by atoms with Crippen molar-refractivity contribution < 1.29 is 26.7 Å². The zero-order valence-corrected chi connectivity index (χ0v) is 11.1. The van der Waals surface area contributed by atoms with Gasteiger partial charge in [-0.3, -0.25) is 4.79 Å². The van der Waals surface area contributed by atoms with E-state index >= 15 is 0 Å². The highest BCUT2D eigenvalue weighted by Crippen LogP contribution is 2.30. The van der Waals surface area contributed by atoms with Crippen LogP contribution in [0.2, 0.25) is 0 Å². The van der Waals surface area contributed by atoms with Gasteiger partial charge in [-0.25, -0.2) is 22.0 Å². The Bertz CT molecular complexity index is 526. The zero-order valence-electron chi connectivity index (χ0n) is 11.1. The van der Waals surface area contributed by atoms with Crippen LogP contribution in [0.4, 0.5) is 27.6 Å². The predicted molar refractivity (Wildman–Crippen MR) is 66.1 cm³/mol. The first kappa shape index (κ1) is 15.7. The van der Waals surface area contributed by atoms with Crippen LogP contribution < -0.4 is 5.32 Å². The highest BCUT2D eigenvalue weighted by atomic mass is 19.2. The molecule has 0 unspecified atom stereocenters. The molecule has 1 saturated carbocycles. The summed E-state index contributed by atoms with van der Waals surface area (Å²) in [6.45, 7) is 0. The van der Waals surface area contributed by atoms with Crippen LogP contribution in [0, 0.1) is 35.0 Å². The Morgan fingerprint density at radius 3 is 1.90 bits per heavy atom. The Kier molecular flexibility index (Phi) is 4.80. The Morgan fingerprint density at radius 1 is 0.905 bits per heavy atom. The minimum absolute atomic E-state index is 0.00976. The molecule has 116 valence electrons. The van der Waals surface area contributed by atoms with Crippen LogP contribution in [-0.2, 0) is 4.79 Å². The maximum Gasteiger partial charge on any atom is 0.224 e. The van der Waals surface area contributed by atoms with Crippen LogP contribution in [-0.4, -0.2) is 5.91 Å². The highest BCUT2D eigenvalue weighted by molar-refractivity contribution is 5.91. The molecule has 0 radical (unpaired) electrons. The van der Waals surface area contributed by atoms with Gasteiger partial charge < -0.3 is 5.32 Å². The van der Waals surface area contributed by atoms with Gasteiger partial charge >= 0.3 is 0 Å². The molecule has 0 atom stereocenters. The van der Waals surface area contributed by atoms with Crippen molar-refractivity contribution in [2.45, 2.75) is 38.5 Å². The first-order valence-electron chi connectivity index (χ1n) is 6.73. The summed E-state index contributed by atoms with van der Waals surface area (Å²) in [6.07, 6.45) is 4.70. The molecule has 0 bridgehead atoms. The largest absolute Gasteiger partial charge is 0.321 e. The molecular weight excluding hydrogens is 293 g/mol. The Balaban J connectivity index is 2.06. The summed E-state index contributed by atoms with van der Waals surface area (Å²) in [4.78, 5) is 11.6. The third-order valence-corrected chi connectivity index (χ3v) is 3.73. The lowest BCUT2D eigenvalue weighted by molar-refractivity contribution is -0.116. The molecule has 21 heavy (non-hydrogen) atoms. The lowest BCUT2D eigenvalue weighted by Crippen LogP contribution is -2.17. The van der Waals surface area contributed by atoms with E-state index < -0.39 is 40.7 Å². The second kappa shape index (κ2) is 6.41. The summed E-state index contributed by atoms with van der Waals surface area (Å²) in [5, 5.41) is 1.78. The zero-order chi connectivity index (χ0) is 15.6. The molecule has 0 spiro atoms. The normalized spacial score (nSPS) is 15.5. The summed E-state index contributed by atoms with van der Waals surface area (Å²) in [7, 11) is 0. The fourth-order valence-electron chi connectivity index (χ4n) is 2.55. The number of amides is 1. The van der Waals surface area contributed by atoms with Gasteiger partial charge in [0, 0.05) is 6.42 Å². The molecule has 1 aliphatic carbocycles. The van der Waals surface area contributed by atoms with Crippen LogP contribution >= 0.6 is 0 Å². The monoisotopic (exact) mass is 307 g/mol. The van der Waals surface area contributed by atoms with E-state index in [0.717, 1.165) is 25.7 Å². The smallest absolute Gasteiger partial charge is 0.224 e. The topological polar surface area (TPSA) is 29.1 Å². The number of hydrogen-bond donors (Lipinski definition) is 1. The van der Waals surface area contributed by atoms with Crippen molar-refractivity contribution in [3.05, 3.63) is 29.1 Å². The summed E-state index contributed by atoms with van der Waals surface area (Å²) in [5.41, 5.74) is -1.29. The lowest BCUT2D eigenvalue weighted by Gasteiger charge is -2.11. The molecule has 2 rings (SSSR count). The number of halogens is 5. The molecule has 0 saturated heterocycles. The van der Waals surface area contributed by atoms with Gasteiger partial charge in [-0.1, -0.05) is 25.7 Å². The van der Waals surface area contributed by atoms with E-state index in [0.29, 0.717) is 12.3 Å². The molecule has 1 amide bonds. The molecule has 0 heterocycles. The molecule has 1 N–H and O–H groups in total. The van der Waals surface area contributed by atoms with Gasteiger partial charge in [-0.05, 0) is 12.3 Å². The van der Waals surface area contributed by atoms with Crippen molar-refractivity contribution in [2.24, 2.45) is 5.92 Å². The number of anilines is 1. The van der Waals surface area contributed by atoms with Gasteiger partial charge in [-0.2, -0.15) is 0 Å². The maximum absolute atomic E-state index is 13.4. The third kappa shape index (κ3) is 3.33. The van der Waals surface area contributed by atoms with Gasteiger partial charge in [0.05, 0.1) is 0 Å². The average Bonchev–Trinajstić information content (AvgIpc) is 2.99. The van der Waals surface area contributed by atoms with Crippen LogP contribution in [0.5, 0.6) is 0 Å². The summed E-state index contributed by atoms with van der Waals surface area (Å²) in [6, 6.07) is 0. The Hall–Kier alpha value is -1.66. The molecule has 1 aromatic rings. The van der Waals surface area contributed by atoms with Crippen molar-refractivity contribution in [3.8, 4) is 0 Å². The summed E-state index contributed by atoms with van der Waals surface area (Å²) < 4.78 is 65.5. The Labute approximate surface area is 118 Å². The fourth-order valence-corrected chi connectivity index (χ4v) is 2.55. The van der Waals surface area contributed by atoms with Crippen molar-refractivity contribution in [1.82, 2.24) is 0 Å². The van der Waals surface area contributed by atoms with E-state index in [1.54, 1.807) is 5.32 Å². The molecule has 1 aromatic carbocycles. The van der Waals surface area contributed by atoms with Crippen molar-refractivity contribution in [3.63, 3.8) is 0 Å². The van der Waals surface area contributed by atoms with Gasteiger partial charge in [0.25, 0.3) is 0 Å². The van der Waals surface area contributed by atoms with Crippen molar-refractivity contribution >= 4 is 11.6 Å². The molecule has 0 aliphatic heterocycles. The molecular formula is C14H14F5NO. The number of carbonyl (C=O) groups is 1. The number of hydrogen-bond acceptors (Lipinski definition) is 1. The highest BCUT2D eigenvalue weighted by Gasteiger charge is 2.27. The van der Waals surface area contributed by atoms with Crippen molar-refractivity contribution in [2.75, 3.05) is 5.32 Å². The van der Waals surface area contributed by atoms with Gasteiger partial charge in [0.15, 0.2) is 23.3 Å². The molecule has 0 aromatic heterocycles. The van der Waals surface area contributed by atoms with Gasteiger partial charge in [0.2, 0.25) is 11.7 Å². The molecule has 7 heteroatoms. The summed E-state index contributed by atoms with van der Waals surface area (Å²) >= 11 is 0. The van der Waals surface area contributed by atoms with E-state index in [4.69, 9.17) is 0 Å². The SMILES string of the molecule is O=C(CCC1CCCC1)Nc1c(F)c(F)c(F)c(F)c1F. The maximum atomic E-state index is 13.4. The first-order valence-corrected chi connectivity index (χ1v) is 6.73. The number of rotatable bonds is 4. The standard InChI is InChI=1S/C14H14F5NO/c15-9-10(16)12(18)14(13(19)11(9)17)20-8(21)6-5-7-3-1-2-4-7/h7H,1-6H2,(H,20,21). The van der Waals surface area contributed by atoms with Crippen LogP contribution in [0.25, 0.3) is 0 Å². The van der Waals surface area contributed by atoms with E-state index in [1.807, 2.05) is 0 Å². The van der Waals surface area contributed by atoms with Crippen LogP contribution in [0.15, 0.2) is 0 Å². The lowest BCUT2D eigenvalue weighted by atomic mass is 10.0. The fraction of sp³-hybridized carbons (Fsp3) is 0.500. The molecule has 1 aliphatic rings. The van der Waals surface area contributed by atoms with E-state index in [1.165, 1.54) is 0 Å². The van der Waals surface area contributed by atoms with E-state index in [9.17, 15) is 26.7 Å². The van der Waals surface area contributed by atoms with E-state index in [-0.39, 0.29) is 6.42 Å². The van der Waals surface area contributed by atoms with E-state index in [2.05, 4.69) is 0 Å². The number of nitrogens with one attached hydrogen (secondary N) is 1. The number of benzene rings is 1. The molecule has 1 fully saturated rings. The number of carbonyl (C=O) groups excluding carboxylic acids is 1. The second-order valence-electron chi connectivity index (χ2n) is 5.18. The quantitative estimate of drug-likeness (QED) is 0.502. The van der Waals surface area contributed by atoms with Gasteiger partial charge in [-0.15, -0.1) is 0 Å². The summed E-state index contributed by atoms with van der Waals surface area (Å²) in [5.74, 6) is -10.8. The van der Waals surface area contributed by atoms with Gasteiger partial charge in [0.1, 0.15) is 5.69 Å². The molecule has 2 nitrogen and oxygen atoms in total. The van der Waals surface area contributed by atoms with Crippen molar-refractivity contribution in [1.29, 1.82) is 0 Å². The van der Waals surface area contributed by atoms with Crippen LogP contribution in [0.3, 0.4) is 0 Å². The first-order chi connectivity index (χ1) is 9.91. The third-order valence-electron chi connectivity index (χ3n) is 3.73. The van der Waals surface area contributed by atoms with Crippen LogP contribution in [0.1, 0.15) is 38.5 Å². The Morgan fingerprint density at radius 2 is 1.38 bits per heavy atom. The minimum atomic E-state index is -2.24. The second-order valence-corrected chi connectivity index (χ2v) is 5.18. The minimum Gasteiger partial charge on any atom is -0.321 e. The average molecular weight is 307 g/mol.